The van der Waals surface area contributed by atoms with Crippen LogP contribution in [0.5, 0.6) is 5.75 Å². The van der Waals surface area contributed by atoms with E-state index < -0.39 is 24.2 Å². The predicted octanol–water partition coefficient (Wildman–Crippen LogP) is 2.50. The van der Waals surface area contributed by atoms with Crippen molar-refractivity contribution in [2.24, 2.45) is 5.92 Å². The largest absolute Gasteiger partial charge is 0.488 e. The number of carbonyl (C=O) groups is 3. The van der Waals surface area contributed by atoms with E-state index in [1.807, 2.05) is 68.4 Å². The standard InChI is InChI=1S/C29H36N4O4/c1-4-19(2)25-27(34)31-16-14-20-10-12-22(13-11-20)37-24-15-17-33(26(24)28(35)32-25)29(36)23(30-3)18-21-8-6-5-7-9-21/h5-14,16,19,23-26,30H,4,15,17-18H2,1-3H3,(H,31,34)(H,32,35)/b16-14-/t19-,23+,24+,25+,26+/m1/s1. The summed E-state index contributed by atoms with van der Waals surface area (Å²) in [5.74, 6) is -0.317. The van der Waals surface area contributed by atoms with Gasteiger partial charge in [0.05, 0.1) is 6.04 Å². The predicted molar refractivity (Wildman–Crippen MR) is 143 cm³/mol. The highest BCUT2D eigenvalue weighted by molar-refractivity contribution is 5.94. The van der Waals surface area contributed by atoms with Gasteiger partial charge in [0.15, 0.2) is 0 Å². The summed E-state index contributed by atoms with van der Waals surface area (Å²) in [7, 11) is 1.75. The highest BCUT2D eigenvalue weighted by atomic mass is 16.5. The molecule has 2 bridgehead atoms. The average Bonchev–Trinajstić information content (AvgIpc) is 3.34. The van der Waals surface area contributed by atoms with E-state index in [4.69, 9.17) is 4.74 Å². The molecule has 0 radical (unpaired) electrons. The summed E-state index contributed by atoms with van der Waals surface area (Å²) < 4.78 is 6.27. The molecule has 2 aromatic rings. The smallest absolute Gasteiger partial charge is 0.247 e. The molecule has 8 heteroatoms. The lowest BCUT2D eigenvalue weighted by Crippen LogP contribution is -2.59. The Hall–Kier alpha value is -3.65. The molecule has 196 valence electrons. The van der Waals surface area contributed by atoms with Gasteiger partial charge in [-0.3, -0.25) is 14.4 Å². The molecule has 3 aliphatic rings. The number of carbonyl (C=O) groups excluding carboxylic acids is 3. The van der Waals surface area contributed by atoms with Gasteiger partial charge in [0.25, 0.3) is 0 Å². The summed E-state index contributed by atoms with van der Waals surface area (Å²) in [6, 6.07) is 15.1. The van der Waals surface area contributed by atoms with Crippen LogP contribution in [0.15, 0.2) is 60.8 Å². The number of nitrogens with zero attached hydrogens (tertiary/aromatic N) is 1. The van der Waals surface area contributed by atoms with E-state index in [9.17, 15) is 14.4 Å². The number of nitrogens with one attached hydrogen (secondary N) is 3. The zero-order valence-corrected chi connectivity index (χ0v) is 21.6. The topological polar surface area (TPSA) is 99.8 Å². The Labute approximate surface area is 218 Å². The molecule has 0 aromatic heterocycles. The molecule has 3 heterocycles. The molecule has 0 unspecified atom stereocenters. The number of likely N-dealkylation sites (N-methyl/N-ethyl adjacent to an activating group) is 1. The van der Waals surface area contributed by atoms with Crippen LogP contribution >= 0.6 is 0 Å². The number of ether oxygens (including phenoxy) is 1. The van der Waals surface area contributed by atoms with Crippen molar-refractivity contribution in [1.82, 2.24) is 20.9 Å². The number of likely N-dealkylation sites (tertiary alicyclic amines) is 1. The third-order valence-corrected chi connectivity index (χ3v) is 7.29. The maximum Gasteiger partial charge on any atom is 0.247 e. The van der Waals surface area contributed by atoms with Gasteiger partial charge in [-0.05, 0) is 48.7 Å². The van der Waals surface area contributed by atoms with E-state index in [2.05, 4.69) is 16.0 Å². The molecule has 3 aliphatic heterocycles. The second-order valence-corrected chi connectivity index (χ2v) is 9.74. The Morgan fingerprint density at radius 2 is 1.84 bits per heavy atom. The number of benzene rings is 2. The highest BCUT2D eigenvalue weighted by Crippen LogP contribution is 2.27. The average molecular weight is 505 g/mol. The molecular weight excluding hydrogens is 468 g/mol. The number of hydrogen-bond acceptors (Lipinski definition) is 5. The Morgan fingerprint density at radius 3 is 2.51 bits per heavy atom. The van der Waals surface area contributed by atoms with Gasteiger partial charge in [-0.15, -0.1) is 0 Å². The zero-order chi connectivity index (χ0) is 26.4. The van der Waals surface area contributed by atoms with E-state index in [-0.39, 0.29) is 23.6 Å². The molecule has 0 spiro atoms. The Balaban J connectivity index is 1.65. The minimum absolute atomic E-state index is 0.100. The first-order valence-electron chi connectivity index (χ1n) is 13.0. The summed E-state index contributed by atoms with van der Waals surface area (Å²) in [6.45, 7) is 4.29. The lowest BCUT2D eigenvalue weighted by atomic mass is 9.97. The molecule has 2 aromatic carbocycles. The molecule has 1 fully saturated rings. The monoisotopic (exact) mass is 504 g/mol. The summed E-state index contributed by atoms with van der Waals surface area (Å²) in [6.07, 6.45) is 4.55. The lowest BCUT2D eigenvalue weighted by Gasteiger charge is -2.32. The summed E-state index contributed by atoms with van der Waals surface area (Å²) >= 11 is 0. The van der Waals surface area contributed by atoms with Crippen LogP contribution < -0.4 is 20.7 Å². The molecule has 5 atom stereocenters. The third kappa shape index (κ3) is 6.20. The minimum Gasteiger partial charge on any atom is -0.488 e. The molecule has 8 nitrogen and oxygen atoms in total. The van der Waals surface area contributed by atoms with E-state index in [0.29, 0.717) is 31.6 Å². The maximum absolute atomic E-state index is 13.8. The van der Waals surface area contributed by atoms with Gasteiger partial charge in [-0.2, -0.15) is 0 Å². The second kappa shape index (κ2) is 12.1. The summed E-state index contributed by atoms with van der Waals surface area (Å²) in [4.78, 5) is 42.2. The first-order chi connectivity index (χ1) is 17.9. The van der Waals surface area contributed by atoms with Crippen molar-refractivity contribution in [1.29, 1.82) is 0 Å². The van der Waals surface area contributed by atoms with Crippen LogP contribution in [-0.4, -0.2) is 60.4 Å². The fourth-order valence-electron chi connectivity index (χ4n) is 4.89. The van der Waals surface area contributed by atoms with Crippen LogP contribution in [0.25, 0.3) is 6.08 Å². The van der Waals surface area contributed by atoms with E-state index in [1.54, 1.807) is 24.2 Å². The van der Waals surface area contributed by atoms with Gasteiger partial charge in [-0.25, -0.2) is 0 Å². The van der Waals surface area contributed by atoms with E-state index in [0.717, 1.165) is 11.1 Å². The number of fused-ring (bicyclic) bond motifs is 7. The Bertz CT molecular complexity index is 1120. The zero-order valence-electron chi connectivity index (χ0n) is 21.6. The van der Waals surface area contributed by atoms with Crippen LogP contribution in [0, 0.1) is 5.92 Å². The van der Waals surface area contributed by atoms with Gasteiger partial charge < -0.3 is 25.6 Å². The van der Waals surface area contributed by atoms with Gasteiger partial charge >= 0.3 is 0 Å². The highest BCUT2D eigenvalue weighted by Gasteiger charge is 2.46. The van der Waals surface area contributed by atoms with Crippen molar-refractivity contribution in [2.45, 2.75) is 57.3 Å². The molecule has 5 rings (SSSR count). The van der Waals surface area contributed by atoms with Crippen LogP contribution in [0.4, 0.5) is 0 Å². The van der Waals surface area contributed by atoms with Gasteiger partial charge in [0.1, 0.15) is 23.9 Å². The van der Waals surface area contributed by atoms with Crippen molar-refractivity contribution >= 4 is 23.8 Å². The summed E-state index contributed by atoms with van der Waals surface area (Å²) in [5, 5.41) is 8.87. The first kappa shape index (κ1) is 26.4. The SMILES string of the molecule is CC[C@@H](C)[C@@H]1NC(=O)[C@@H]2[C@H](CCN2C(=O)[C@H](Cc2ccccc2)NC)Oc2ccc(cc2)/C=C\NC1=O. The number of hydrogen-bond donors (Lipinski definition) is 3. The van der Waals surface area contributed by atoms with Crippen LogP contribution in [0.2, 0.25) is 0 Å². The second-order valence-electron chi connectivity index (χ2n) is 9.74. The third-order valence-electron chi connectivity index (χ3n) is 7.29. The van der Waals surface area contributed by atoms with E-state index >= 15 is 0 Å². The maximum atomic E-state index is 13.8. The molecule has 3 N–H and O–H groups in total. The van der Waals surface area contributed by atoms with Crippen LogP contribution in [0.1, 0.15) is 37.8 Å². The van der Waals surface area contributed by atoms with Gasteiger partial charge in [-0.1, -0.05) is 62.7 Å². The number of amides is 3. The molecule has 1 saturated heterocycles. The minimum atomic E-state index is -0.864. The van der Waals surface area contributed by atoms with Crippen molar-refractivity contribution in [3.05, 3.63) is 71.9 Å². The fourth-order valence-corrected chi connectivity index (χ4v) is 4.89. The van der Waals surface area contributed by atoms with E-state index in [1.165, 1.54) is 0 Å². The van der Waals surface area contributed by atoms with Crippen LogP contribution in [0.3, 0.4) is 0 Å². The fraction of sp³-hybridized carbons (Fsp3) is 0.414. The Morgan fingerprint density at radius 1 is 1.11 bits per heavy atom. The molecular formula is C29H36N4O4. The summed E-state index contributed by atoms with van der Waals surface area (Å²) in [5.41, 5.74) is 1.94. The Kier molecular flexibility index (Phi) is 8.61. The molecule has 0 aliphatic carbocycles. The van der Waals surface area contributed by atoms with Crippen molar-refractivity contribution < 1.29 is 19.1 Å². The van der Waals surface area contributed by atoms with Crippen molar-refractivity contribution in [3.8, 4) is 5.75 Å². The van der Waals surface area contributed by atoms with Crippen molar-refractivity contribution in [2.75, 3.05) is 13.6 Å². The molecule has 0 saturated carbocycles. The first-order valence-corrected chi connectivity index (χ1v) is 13.0. The van der Waals surface area contributed by atoms with Crippen LogP contribution in [-0.2, 0) is 20.8 Å². The van der Waals surface area contributed by atoms with Gasteiger partial charge in [0, 0.05) is 19.2 Å². The lowest BCUT2D eigenvalue weighted by molar-refractivity contribution is -0.142. The molecule has 37 heavy (non-hydrogen) atoms. The normalized spacial score (nSPS) is 24.2. The number of rotatable bonds is 6. The molecule has 3 amide bonds. The van der Waals surface area contributed by atoms with Crippen molar-refractivity contribution in [3.63, 3.8) is 0 Å². The van der Waals surface area contributed by atoms with Gasteiger partial charge in [0.2, 0.25) is 17.7 Å². The quantitative estimate of drug-likeness (QED) is 0.561.